The molecule has 3 nitrogen and oxygen atoms in total. The largest absolute Gasteiger partial charge is 0.321 e. The van der Waals surface area contributed by atoms with Crippen molar-refractivity contribution in [2.45, 2.75) is 13.3 Å². The molecule has 2 rings (SSSR count). The first kappa shape index (κ1) is 14.3. The summed E-state index contributed by atoms with van der Waals surface area (Å²) >= 11 is 1.37. The molecule has 1 aromatic carbocycles. The van der Waals surface area contributed by atoms with Gasteiger partial charge < -0.3 is 11.1 Å². The van der Waals surface area contributed by atoms with Crippen LogP contribution in [0.25, 0.3) is 0 Å². The van der Waals surface area contributed by atoms with E-state index in [-0.39, 0.29) is 5.91 Å². The number of hydrogen-bond acceptors (Lipinski definition) is 3. The van der Waals surface area contributed by atoms with Crippen LogP contribution in [0.4, 0.5) is 5.69 Å². The fraction of sp³-hybridized carbons (Fsp3) is 0.188. The molecule has 0 spiro atoms. The van der Waals surface area contributed by atoms with Gasteiger partial charge in [0.1, 0.15) is 0 Å². The van der Waals surface area contributed by atoms with Gasteiger partial charge in [0.05, 0.1) is 16.3 Å². The van der Waals surface area contributed by atoms with E-state index in [0.717, 1.165) is 22.5 Å². The van der Waals surface area contributed by atoms with Crippen molar-refractivity contribution in [3.8, 4) is 11.8 Å². The highest BCUT2D eigenvalue weighted by atomic mass is 32.1. The first-order valence-corrected chi connectivity index (χ1v) is 7.24. The monoisotopic (exact) mass is 284 g/mol. The number of carbonyl (C=O) groups excluding carboxylic acids is 1. The van der Waals surface area contributed by atoms with Crippen LogP contribution >= 0.6 is 11.3 Å². The Labute approximate surface area is 122 Å². The zero-order valence-corrected chi connectivity index (χ0v) is 12.1. The van der Waals surface area contributed by atoms with Crippen molar-refractivity contribution in [3.05, 3.63) is 51.7 Å². The Morgan fingerprint density at radius 1 is 1.30 bits per heavy atom. The number of thiophene rings is 1. The van der Waals surface area contributed by atoms with Crippen LogP contribution in [0.15, 0.2) is 36.4 Å². The molecule has 0 atom stereocenters. The Hall–Kier alpha value is -2.09. The van der Waals surface area contributed by atoms with E-state index < -0.39 is 0 Å². The van der Waals surface area contributed by atoms with Crippen molar-refractivity contribution in [1.82, 2.24) is 0 Å². The smallest absolute Gasteiger partial charge is 0.265 e. The lowest BCUT2D eigenvalue weighted by Crippen LogP contribution is -2.11. The summed E-state index contributed by atoms with van der Waals surface area (Å²) in [6.45, 7) is 2.39. The lowest BCUT2D eigenvalue weighted by atomic mass is 10.1. The van der Waals surface area contributed by atoms with E-state index in [4.69, 9.17) is 5.73 Å². The van der Waals surface area contributed by atoms with Gasteiger partial charge in [0.25, 0.3) is 5.91 Å². The fourth-order valence-electron chi connectivity index (χ4n) is 1.80. The van der Waals surface area contributed by atoms with Crippen molar-refractivity contribution in [2.75, 3.05) is 11.9 Å². The van der Waals surface area contributed by atoms with E-state index in [2.05, 4.69) is 24.1 Å². The van der Waals surface area contributed by atoms with E-state index in [0.29, 0.717) is 11.4 Å². The number of benzene rings is 1. The van der Waals surface area contributed by atoms with Crippen LogP contribution in [0.1, 0.15) is 27.0 Å². The molecule has 1 aromatic heterocycles. The highest BCUT2D eigenvalue weighted by Crippen LogP contribution is 2.20. The second kappa shape index (κ2) is 6.90. The summed E-state index contributed by atoms with van der Waals surface area (Å²) in [6.07, 6.45) is 0.883. The summed E-state index contributed by atoms with van der Waals surface area (Å²) in [5.74, 6) is 5.61. The van der Waals surface area contributed by atoms with E-state index in [1.165, 1.54) is 11.3 Å². The number of amides is 1. The molecule has 0 aliphatic rings. The normalized spacial score (nSPS) is 9.70. The molecule has 0 bridgehead atoms. The molecule has 1 heterocycles. The highest BCUT2D eigenvalue weighted by molar-refractivity contribution is 7.14. The molecular weight excluding hydrogens is 268 g/mol. The third-order valence-corrected chi connectivity index (χ3v) is 3.79. The number of aryl methyl sites for hydroxylation is 1. The number of rotatable bonds is 3. The molecule has 0 unspecified atom stereocenters. The van der Waals surface area contributed by atoms with Crippen molar-refractivity contribution < 1.29 is 4.79 Å². The van der Waals surface area contributed by atoms with E-state index in [9.17, 15) is 4.79 Å². The van der Waals surface area contributed by atoms with Gasteiger partial charge in [0.2, 0.25) is 0 Å². The first-order chi connectivity index (χ1) is 9.74. The molecule has 0 saturated carbocycles. The minimum atomic E-state index is -0.100. The second-order valence-corrected chi connectivity index (χ2v) is 5.22. The van der Waals surface area contributed by atoms with E-state index >= 15 is 0 Å². The number of anilines is 1. The van der Waals surface area contributed by atoms with Crippen molar-refractivity contribution >= 4 is 22.9 Å². The summed E-state index contributed by atoms with van der Waals surface area (Å²) < 4.78 is 0. The maximum atomic E-state index is 12.2. The predicted molar refractivity (Wildman–Crippen MR) is 84.0 cm³/mol. The molecule has 1 amide bonds. The summed E-state index contributed by atoms with van der Waals surface area (Å²) in [5, 5.41) is 2.95. The number of carbonyl (C=O) groups is 1. The van der Waals surface area contributed by atoms with E-state index in [1.807, 2.05) is 30.3 Å². The van der Waals surface area contributed by atoms with Crippen LogP contribution in [-0.4, -0.2) is 12.5 Å². The average molecular weight is 284 g/mol. The van der Waals surface area contributed by atoms with Crippen LogP contribution in [0, 0.1) is 11.8 Å². The number of para-hydroxylation sites is 1. The Kier molecular flexibility index (Phi) is 4.94. The van der Waals surface area contributed by atoms with Crippen LogP contribution in [0.3, 0.4) is 0 Å². The number of hydrogen-bond donors (Lipinski definition) is 2. The van der Waals surface area contributed by atoms with E-state index in [1.54, 1.807) is 6.07 Å². The average Bonchev–Trinajstić information content (AvgIpc) is 2.94. The molecular formula is C16H16N2OS. The van der Waals surface area contributed by atoms with Crippen LogP contribution in [0.5, 0.6) is 0 Å². The molecule has 0 radical (unpaired) electrons. The molecule has 0 fully saturated rings. The molecule has 20 heavy (non-hydrogen) atoms. The zero-order valence-electron chi connectivity index (χ0n) is 11.3. The van der Waals surface area contributed by atoms with Gasteiger partial charge in [-0.05, 0) is 30.2 Å². The van der Waals surface area contributed by atoms with Crippen LogP contribution < -0.4 is 11.1 Å². The molecule has 0 aliphatic heterocycles. The number of nitrogens with two attached hydrogens (primary N) is 1. The minimum absolute atomic E-state index is 0.100. The van der Waals surface area contributed by atoms with Gasteiger partial charge in [-0.15, -0.1) is 11.3 Å². The van der Waals surface area contributed by atoms with Gasteiger partial charge in [0, 0.05) is 5.69 Å². The third kappa shape index (κ3) is 3.47. The zero-order chi connectivity index (χ0) is 14.4. The van der Waals surface area contributed by atoms with Gasteiger partial charge >= 0.3 is 0 Å². The summed E-state index contributed by atoms with van der Waals surface area (Å²) in [6, 6.07) is 11.5. The first-order valence-electron chi connectivity index (χ1n) is 6.42. The summed E-state index contributed by atoms with van der Waals surface area (Å²) in [5.41, 5.74) is 7.32. The molecule has 3 N–H and O–H groups in total. The molecule has 2 aromatic rings. The molecule has 102 valence electrons. The maximum Gasteiger partial charge on any atom is 0.265 e. The van der Waals surface area contributed by atoms with Crippen LogP contribution in [-0.2, 0) is 6.42 Å². The van der Waals surface area contributed by atoms with Crippen molar-refractivity contribution in [1.29, 1.82) is 0 Å². The van der Waals surface area contributed by atoms with Gasteiger partial charge in [-0.3, -0.25) is 4.79 Å². The Morgan fingerprint density at radius 3 is 2.85 bits per heavy atom. The fourth-order valence-corrected chi connectivity index (χ4v) is 2.58. The van der Waals surface area contributed by atoms with Gasteiger partial charge in [0.15, 0.2) is 0 Å². The summed E-state index contributed by atoms with van der Waals surface area (Å²) in [7, 11) is 0. The van der Waals surface area contributed by atoms with Gasteiger partial charge in [-0.25, -0.2) is 0 Å². The van der Waals surface area contributed by atoms with Crippen LogP contribution in [0.2, 0.25) is 0 Å². The standard InChI is InChI=1S/C16H16N2OS/c1-2-12-6-3-4-8-14(12)18-16(19)15-10-9-13(20-15)7-5-11-17/h3-4,6,8-10H,2,11,17H2,1H3,(H,18,19). The van der Waals surface area contributed by atoms with Gasteiger partial charge in [-0.2, -0.15) is 0 Å². The molecule has 4 heteroatoms. The quantitative estimate of drug-likeness (QED) is 0.852. The Balaban J connectivity index is 2.14. The molecule has 0 aliphatic carbocycles. The number of nitrogens with one attached hydrogen (secondary N) is 1. The van der Waals surface area contributed by atoms with Gasteiger partial charge in [-0.1, -0.05) is 37.0 Å². The van der Waals surface area contributed by atoms with Crippen molar-refractivity contribution in [2.24, 2.45) is 5.73 Å². The minimum Gasteiger partial charge on any atom is -0.321 e. The lowest BCUT2D eigenvalue weighted by molar-refractivity contribution is 0.103. The SMILES string of the molecule is CCc1ccccc1NC(=O)c1ccc(C#CCN)s1. The lowest BCUT2D eigenvalue weighted by Gasteiger charge is -2.08. The maximum absolute atomic E-state index is 12.2. The predicted octanol–water partition coefficient (Wildman–Crippen LogP) is 2.87. The second-order valence-electron chi connectivity index (χ2n) is 4.13. The third-order valence-electron chi connectivity index (χ3n) is 2.79. The topological polar surface area (TPSA) is 55.1 Å². The van der Waals surface area contributed by atoms with Crippen molar-refractivity contribution in [3.63, 3.8) is 0 Å². The Bertz CT molecular complexity index is 664. The Morgan fingerprint density at radius 2 is 2.10 bits per heavy atom. The highest BCUT2D eigenvalue weighted by Gasteiger charge is 2.10. The summed E-state index contributed by atoms with van der Waals surface area (Å²) in [4.78, 5) is 13.7. The molecule has 0 saturated heterocycles.